The molecule has 0 spiro atoms. The van der Waals surface area contributed by atoms with Crippen LogP contribution in [0.3, 0.4) is 0 Å². The molecule has 2 aliphatic rings. The minimum atomic E-state index is 0.666. The molecule has 1 atom stereocenters. The van der Waals surface area contributed by atoms with Crippen molar-refractivity contribution in [2.75, 3.05) is 51.3 Å². The van der Waals surface area contributed by atoms with Gasteiger partial charge in [-0.3, -0.25) is 9.80 Å². The zero-order valence-electron chi connectivity index (χ0n) is 16.5. The molecule has 6 heteroatoms. The van der Waals surface area contributed by atoms with Crippen molar-refractivity contribution >= 4 is 5.69 Å². The molecule has 2 aliphatic heterocycles. The van der Waals surface area contributed by atoms with Crippen molar-refractivity contribution in [3.63, 3.8) is 0 Å². The zero-order valence-corrected chi connectivity index (χ0v) is 16.5. The van der Waals surface area contributed by atoms with Crippen molar-refractivity contribution in [1.29, 1.82) is 0 Å². The summed E-state index contributed by atoms with van der Waals surface area (Å²) in [7, 11) is 3.84. The Bertz CT molecular complexity index is 738. The number of rotatable bonds is 5. The van der Waals surface area contributed by atoms with E-state index in [1.54, 1.807) is 7.11 Å². The van der Waals surface area contributed by atoms with Crippen molar-refractivity contribution in [1.82, 2.24) is 19.4 Å². The number of piperazine rings is 1. The number of methoxy groups -OCH3 is 1. The van der Waals surface area contributed by atoms with Gasteiger partial charge in [0.25, 0.3) is 0 Å². The minimum absolute atomic E-state index is 0.666. The highest BCUT2D eigenvalue weighted by Gasteiger charge is 2.29. The predicted octanol–water partition coefficient (Wildman–Crippen LogP) is 2.22. The lowest BCUT2D eigenvalue weighted by atomic mass is 10.0. The number of para-hydroxylation sites is 2. The topological polar surface area (TPSA) is 36.8 Å². The van der Waals surface area contributed by atoms with Crippen molar-refractivity contribution in [2.45, 2.75) is 25.4 Å². The molecule has 4 rings (SSSR count). The minimum Gasteiger partial charge on any atom is -0.495 e. The summed E-state index contributed by atoms with van der Waals surface area (Å²) >= 11 is 0. The molecule has 2 fully saturated rings. The summed E-state index contributed by atoms with van der Waals surface area (Å²) in [5, 5.41) is 0. The van der Waals surface area contributed by atoms with Gasteiger partial charge < -0.3 is 14.2 Å². The first-order chi connectivity index (χ1) is 13.2. The average Bonchev–Trinajstić information content (AvgIpc) is 3.13. The summed E-state index contributed by atoms with van der Waals surface area (Å²) in [4.78, 5) is 12.2. The maximum absolute atomic E-state index is 5.55. The lowest BCUT2D eigenvalue weighted by molar-refractivity contribution is 0.0868. The Labute approximate surface area is 162 Å². The smallest absolute Gasteiger partial charge is 0.142 e. The molecule has 2 aromatic rings. The van der Waals surface area contributed by atoms with E-state index in [1.807, 2.05) is 18.5 Å². The molecule has 0 aliphatic carbocycles. The molecule has 27 heavy (non-hydrogen) atoms. The largest absolute Gasteiger partial charge is 0.495 e. The molecule has 6 nitrogen and oxygen atoms in total. The lowest BCUT2D eigenvalue weighted by Crippen LogP contribution is -2.55. The van der Waals surface area contributed by atoms with E-state index in [4.69, 9.17) is 4.74 Å². The molecule has 0 N–H and O–H groups in total. The maximum Gasteiger partial charge on any atom is 0.142 e. The first-order valence-corrected chi connectivity index (χ1v) is 10.0. The second kappa shape index (κ2) is 8.31. The van der Waals surface area contributed by atoms with Gasteiger partial charge in [0, 0.05) is 58.2 Å². The van der Waals surface area contributed by atoms with Gasteiger partial charge in [0.2, 0.25) is 0 Å². The van der Waals surface area contributed by atoms with Crippen LogP contribution in [0.25, 0.3) is 0 Å². The Morgan fingerprint density at radius 3 is 2.67 bits per heavy atom. The van der Waals surface area contributed by atoms with E-state index >= 15 is 0 Å². The Kier molecular flexibility index (Phi) is 5.64. The average molecular weight is 370 g/mol. The van der Waals surface area contributed by atoms with Crippen molar-refractivity contribution < 1.29 is 4.74 Å². The molecule has 2 saturated heterocycles. The number of hydrogen-bond acceptors (Lipinski definition) is 5. The van der Waals surface area contributed by atoms with Crippen LogP contribution in [-0.2, 0) is 13.6 Å². The quantitative estimate of drug-likeness (QED) is 0.808. The molecule has 0 saturated carbocycles. The number of imidazole rings is 1. The summed E-state index contributed by atoms with van der Waals surface area (Å²) < 4.78 is 7.68. The molecule has 0 radical (unpaired) electrons. The van der Waals surface area contributed by atoms with E-state index < -0.39 is 0 Å². The first-order valence-electron chi connectivity index (χ1n) is 10.0. The van der Waals surface area contributed by atoms with Crippen molar-refractivity contribution in [2.24, 2.45) is 7.05 Å². The number of benzene rings is 1. The molecule has 0 amide bonds. The number of hydrogen-bond donors (Lipinski definition) is 0. The molecule has 1 aromatic heterocycles. The van der Waals surface area contributed by atoms with Crippen LogP contribution in [0.5, 0.6) is 5.75 Å². The summed E-state index contributed by atoms with van der Waals surface area (Å²) in [6, 6.07) is 9.03. The maximum atomic E-state index is 5.55. The van der Waals surface area contributed by atoms with E-state index in [-0.39, 0.29) is 0 Å². The Morgan fingerprint density at radius 2 is 1.93 bits per heavy atom. The van der Waals surface area contributed by atoms with Gasteiger partial charge in [0.05, 0.1) is 19.3 Å². The summed E-state index contributed by atoms with van der Waals surface area (Å²) in [5.41, 5.74) is 1.22. The van der Waals surface area contributed by atoms with Gasteiger partial charge in [-0.1, -0.05) is 12.1 Å². The molecule has 146 valence electrons. The normalized spacial score (nSPS) is 22.1. The van der Waals surface area contributed by atoms with Gasteiger partial charge in [-0.05, 0) is 31.5 Å². The fourth-order valence-corrected chi connectivity index (χ4v) is 4.44. The van der Waals surface area contributed by atoms with E-state index in [0.717, 1.165) is 50.8 Å². The fourth-order valence-electron chi connectivity index (χ4n) is 4.44. The third-order valence-corrected chi connectivity index (χ3v) is 6.02. The Balaban J connectivity index is 1.33. The molecule has 1 unspecified atom stereocenters. The van der Waals surface area contributed by atoms with Gasteiger partial charge in [0.15, 0.2) is 0 Å². The highest BCUT2D eigenvalue weighted by atomic mass is 16.5. The van der Waals surface area contributed by atoms with E-state index in [0.29, 0.717) is 6.04 Å². The highest BCUT2D eigenvalue weighted by molar-refractivity contribution is 5.58. The van der Waals surface area contributed by atoms with Gasteiger partial charge >= 0.3 is 0 Å². The monoisotopic (exact) mass is 369 g/mol. The van der Waals surface area contributed by atoms with Gasteiger partial charge in [0.1, 0.15) is 11.6 Å². The summed E-state index contributed by atoms with van der Waals surface area (Å²) in [6.45, 7) is 7.68. The third-order valence-electron chi connectivity index (χ3n) is 6.02. The van der Waals surface area contributed by atoms with Crippen LogP contribution in [0.2, 0.25) is 0 Å². The summed E-state index contributed by atoms with van der Waals surface area (Å²) in [6.07, 6.45) is 6.52. The van der Waals surface area contributed by atoms with E-state index in [9.17, 15) is 0 Å². The molecular formula is C21H31N5O. The number of ether oxygens (including phenoxy) is 1. The second-order valence-electron chi connectivity index (χ2n) is 7.68. The third kappa shape index (κ3) is 4.12. The van der Waals surface area contributed by atoms with Gasteiger partial charge in [-0.2, -0.15) is 0 Å². The first kappa shape index (κ1) is 18.3. The number of likely N-dealkylation sites (tertiary alicyclic amines) is 1. The number of aromatic nitrogens is 2. The molecule has 1 aromatic carbocycles. The van der Waals surface area contributed by atoms with Gasteiger partial charge in [-0.15, -0.1) is 0 Å². The van der Waals surface area contributed by atoms with Gasteiger partial charge in [-0.25, -0.2) is 4.98 Å². The van der Waals surface area contributed by atoms with Crippen LogP contribution in [0, 0.1) is 0 Å². The number of piperidine rings is 1. The summed E-state index contributed by atoms with van der Waals surface area (Å²) in [5.74, 6) is 2.14. The van der Waals surface area contributed by atoms with Crippen LogP contribution in [0.4, 0.5) is 5.69 Å². The standard InChI is InChI=1S/C21H31N5O/c1-23-11-9-22-21(23)17-24-10-5-6-18(16-24)25-12-14-26(15-13-25)19-7-3-4-8-20(19)27-2/h3-4,7-9,11,18H,5-6,10,12-17H2,1-2H3. The zero-order chi connectivity index (χ0) is 18.6. The van der Waals surface area contributed by atoms with Crippen molar-refractivity contribution in [3.8, 4) is 5.75 Å². The van der Waals surface area contributed by atoms with Crippen LogP contribution in [-0.4, -0.2) is 71.8 Å². The number of aryl methyl sites for hydroxylation is 1. The number of anilines is 1. The van der Waals surface area contributed by atoms with Crippen LogP contribution < -0.4 is 9.64 Å². The van der Waals surface area contributed by atoms with E-state index in [1.165, 1.54) is 25.1 Å². The van der Waals surface area contributed by atoms with Crippen LogP contribution >= 0.6 is 0 Å². The second-order valence-corrected chi connectivity index (χ2v) is 7.68. The Morgan fingerprint density at radius 1 is 1.11 bits per heavy atom. The number of nitrogens with zero attached hydrogens (tertiary/aromatic N) is 5. The molecule has 0 bridgehead atoms. The van der Waals surface area contributed by atoms with Crippen molar-refractivity contribution in [3.05, 3.63) is 42.5 Å². The molecule has 3 heterocycles. The predicted molar refractivity (Wildman–Crippen MR) is 108 cm³/mol. The fraction of sp³-hybridized carbons (Fsp3) is 0.571. The van der Waals surface area contributed by atoms with Crippen LogP contribution in [0.1, 0.15) is 18.7 Å². The highest BCUT2D eigenvalue weighted by Crippen LogP contribution is 2.29. The molecular weight excluding hydrogens is 338 g/mol. The van der Waals surface area contributed by atoms with E-state index in [2.05, 4.69) is 49.5 Å². The van der Waals surface area contributed by atoms with Crippen LogP contribution in [0.15, 0.2) is 36.7 Å². The SMILES string of the molecule is COc1ccccc1N1CCN(C2CCCN(Cc3nccn3C)C2)CC1. The lowest BCUT2D eigenvalue weighted by Gasteiger charge is -2.44. The Hall–Kier alpha value is -2.05.